The fourth-order valence-electron chi connectivity index (χ4n) is 2.49. The van der Waals surface area contributed by atoms with Crippen LogP contribution in [-0.4, -0.2) is 42.6 Å². The van der Waals surface area contributed by atoms with Crippen molar-refractivity contribution < 1.29 is 0 Å². The number of hydrogen-bond donors (Lipinski definition) is 2. The number of guanidine groups is 1. The smallest absolute Gasteiger partial charge is 0.191 e. The van der Waals surface area contributed by atoms with E-state index in [0.717, 1.165) is 38.7 Å². The van der Waals surface area contributed by atoms with Crippen molar-refractivity contribution in [3.8, 4) is 0 Å². The SMILES string of the molecule is CCN(C)Cc1cccc(CNC(=NC)NCCn2cccc2)c1. The molecule has 5 heteroatoms. The molecule has 0 aliphatic heterocycles. The summed E-state index contributed by atoms with van der Waals surface area (Å²) in [6.45, 7) is 6.75. The van der Waals surface area contributed by atoms with E-state index in [1.165, 1.54) is 11.1 Å². The fraction of sp³-hybridized carbons (Fsp3) is 0.421. The van der Waals surface area contributed by atoms with Gasteiger partial charge in [-0.1, -0.05) is 31.2 Å². The van der Waals surface area contributed by atoms with Gasteiger partial charge in [-0.25, -0.2) is 0 Å². The van der Waals surface area contributed by atoms with Gasteiger partial charge in [0.05, 0.1) is 0 Å². The van der Waals surface area contributed by atoms with Crippen LogP contribution in [0.5, 0.6) is 0 Å². The topological polar surface area (TPSA) is 44.6 Å². The van der Waals surface area contributed by atoms with Crippen LogP contribution < -0.4 is 10.6 Å². The monoisotopic (exact) mass is 327 g/mol. The van der Waals surface area contributed by atoms with Crippen LogP contribution in [0.1, 0.15) is 18.1 Å². The van der Waals surface area contributed by atoms with E-state index in [4.69, 9.17) is 0 Å². The third kappa shape index (κ3) is 6.08. The summed E-state index contributed by atoms with van der Waals surface area (Å²) in [6, 6.07) is 12.8. The lowest BCUT2D eigenvalue weighted by molar-refractivity contribution is 0.345. The van der Waals surface area contributed by atoms with E-state index in [9.17, 15) is 0 Å². The Bertz CT molecular complexity index is 618. The van der Waals surface area contributed by atoms with Crippen molar-refractivity contribution in [1.29, 1.82) is 0 Å². The predicted molar refractivity (Wildman–Crippen MR) is 101 cm³/mol. The lowest BCUT2D eigenvalue weighted by atomic mass is 10.1. The maximum Gasteiger partial charge on any atom is 0.191 e. The molecule has 1 aromatic heterocycles. The summed E-state index contributed by atoms with van der Waals surface area (Å²) in [5.41, 5.74) is 2.61. The molecule has 2 aromatic rings. The van der Waals surface area contributed by atoms with Crippen LogP contribution in [-0.2, 0) is 19.6 Å². The summed E-state index contributed by atoms with van der Waals surface area (Å²) in [5.74, 6) is 0.832. The van der Waals surface area contributed by atoms with Gasteiger partial charge in [0.25, 0.3) is 0 Å². The molecule has 0 saturated heterocycles. The highest BCUT2D eigenvalue weighted by Gasteiger charge is 2.01. The molecule has 0 fully saturated rings. The summed E-state index contributed by atoms with van der Waals surface area (Å²) in [6.07, 6.45) is 4.13. The highest BCUT2D eigenvalue weighted by atomic mass is 15.2. The number of nitrogens with zero attached hydrogens (tertiary/aromatic N) is 3. The first-order valence-corrected chi connectivity index (χ1v) is 8.53. The molecule has 2 rings (SSSR count). The Morgan fingerprint density at radius 3 is 2.58 bits per heavy atom. The first kappa shape index (κ1) is 18.1. The second-order valence-corrected chi connectivity index (χ2v) is 5.92. The second-order valence-electron chi connectivity index (χ2n) is 5.92. The average Bonchev–Trinajstić information content (AvgIpc) is 3.11. The van der Waals surface area contributed by atoms with E-state index >= 15 is 0 Å². The first-order chi connectivity index (χ1) is 11.7. The number of benzene rings is 1. The van der Waals surface area contributed by atoms with Crippen LogP contribution in [0.4, 0.5) is 0 Å². The van der Waals surface area contributed by atoms with Gasteiger partial charge < -0.3 is 20.1 Å². The molecular weight excluding hydrogens is 298 g/mol. The van der Waals surface area contributed by atoms with Gasteiger partial charge in [0.1, 0.15) is 0 Å². The molecule has 0 radical (unpaired) electrons. The molecule has 0 atom stereocenters. The molecule has 130 valence electrons. The summed E-state index contributed by atoms with van der Waals surface area (Å²) in [7, 11) is 3.94. The summed E-state index contributed by atoms with van der Waals surface area (Å²) < 4.78 is 2.15. The molecule has 0 aliphatic rings. The minimum absolute atomic E-state index is 0.771. The van der Waals surface area contributed by atoms with Crippen molar-refractivity contribution in [3.05, 3.63) is 59.9 Å². The van der Waals surface area contributed by atoms with Gasteiger partial charge in [-0.05, 0) is 36.9 Å². The molecule has 2 N–H and O–H groups in total. The summed E-state index contributed by atoms with van der Waals surface area (Å²) in [4.78, 5) is 6.58. The molecule has 24 heavy (non-hydrogen) atoms. The molecule has 0 spiro atoms. The van der Waals surface area contributed by atoms with Gasteiger partial charge in [0, 0.05) is 45.6 Å². The zero-order valence-corrected chi connectivity index (χ0v) is 15.0. The predicted octanol–water partition coefficient (Wildman–Crippen LogP) is 2.30. The summed E-state index contributed by atoms with van der Waals surface area (Å²) >= 11 is 0. The first-order valence-electron chi connectivity index (χ1n) is 8.53. The van der Waals surface area contributed by atoms with Crippen LogP contribution in [0, 0.1) is 0 Å². The lowest BCUT2D eigenvalue weighted by Crippen LogP contribution is -2.38. The Kier molecular flexibility index (Phi) is 7.36. The quantitative estimate of drug-likeness (QED) is 0.578. The Morgan fingerprint density at radius 2 is 1.88 bits per heavy atom. The molecular formula is C19H29N5. The van der Waals surface area contributed by atoms with E-state index in [0.29, 0.717) is 0 Å². The number of nitrogens with one attached hydrogen (secondary N) is 2. The van der Waals surface area contributed by atoms with E-state index in [1.807, 2.05) is 12.1 Å². The maximum atomic E-state index is 4.28. The van der Waals surface area contributed by atoms with Crippen LogP contribution >= 0.6 is 0 Å². The Hall–Kier alpha value is -2.27. The van der Waals surface area contributed by atoms with Gasteiger partial charge in [-0.2, -0.15) is 0 Å². The van der Waals surface area contributed by atoms with Gasteiger partial charge in [-0.3, -0.25) is 4.99 Å². The number of aliphatic imine (C=N–C) groups is 1. The number of hydrogen-bond acceptors (Lipinski definition) is 2. The highest BCUT2D eigenvalue weighted by molar-refractivity contribution is 5.79. The minimum Gasteiger partial charge on any atom is -0.355 e. The normalized spacial score (nSPS) is 11.8. The van der Waals surface area contributed by atoms with E-state index in [2.05, 4.69) is 75.7 Å². The second kappa shape index (κ2) is 9.78. The van der Waals surface area contributed by atoms with Crippen molar-refractivity contribution in [3.63, 3.8) is 0 Å². The van der Waals surface area contributed by atoms with Crippen molar-refractivity contribution in [1.82, 2.24) is 20.1 Å². The largest absolute Gasteiger partial charge is 0.355 e. The molecule has 0 saturated carbocycles. The highest BCUT2D eigenvalue weighted by Crippen LogP contribution is 2.07. The maximum absolute atomic E-state index is 4.28. The van der Waals surface area contributed by atoms with E-state index in [-0.39, 0.29) is 0 Å². The minimum atomic E-state index is 0.771. The van der Waals surface area contributed by atoms with Gasteiger partial charge in [-0.15, -0.1) is 0 Å². The van der Waals surface area contributed by atoms with Gasteiger partial charge in [0.15, 0.2) is 5.96 Å². The van der Waals surface area contributed by atoms with Crippen LogP contribution in [0.25, 0.3) is 0 Å². The third-order valence-electron chi connectivity index (χ3n) is 4.00. The Morgan fingerprint density at radius 1 is 1.12 bits per heavy atom. The van der Waals surface area contributed by atoms with E-state index in [1.54, 1.807) is 7.05 Å². The van der Waals surface area contributed by atoms with Gasteiger partial charge in [0.2, 0.25) is 0 Å². The van der Waals surface area contributed by atoms with Crippen LogP contribution in [0.3, 0.4) is 0 Å². The van der Waals surface area contributed by atoms with Crippen molar-refractivity contribution in [2.24, 2.45) is 4.99 Å². The standard InChI is InChI=1S/C19H29N5/c1-4-23(3)16-18-9-7-8-17(14-18)15-22-19(20-2)21-10-13-24-11-5-6-12-24/h5-9,11-12,14H,4,10,13,15-16H2,1-3H3,(H2,20,21,22). The Labute approximate surface area is 145 Å². The zero-order chi connectivity index (χ0) is 17.2. The molecule has 0 unspecified atom stereocenters. The number of rotatable bonds is 8. The van der Waals surface area contributed by atoms with Crippen LogP contribution in [0.15, 0.2) is 53.8 Å². The molecule has 1 aromatic carbocycles. The molecule has 0 bridgehead atoms. The summed E-state index contributed by atoms with van der Waals surface area (Å²) in [5, 5.41) is 6.72. The van der Waals surface area contributed by atoms with Gasteiger partial charge >= 0.3 is 0 Å². The molecule has 1 heterocycles. The number of aromatic nitrogens is 1. The van der Waals surface area contributed by atoms with Crippen molar-refractivity contribution in [2.45, 2.75) is 26.6 Å². The van der Waals surface area contributed by atoms with Crippen molar-refractivity contribution >= 4 is 5.96 Å². The Balaban J connectivity index is 1.79. The third-order valence-corrected chi connectivity index (χ3v) is 4.00. The molecule has 0 aliphatic carbocycles. The van der Waals surface area contributed by atoms with Crippen LogP contribution in [0.2, 0.25) is 0 Å². The lowest BCUT2D eigenvalue weighted by Gasteiger charge is -2.15. The van der Waals surface area contributed by atoms with E-state index < -0.39 is 0 Å². The molecule has 5 nitrogen and oxygen atoms in total. The fourth-order valence-corrected chi connectivity index (χ4v) is 2.49. The average molecular weight is 327 g/mol. The zero-order valence-electron chi connectivity index (χ0n) is 15.0. The van der Waals surface area contributed by atoms with Crippen molar-refractivity contribution in [2.75, 3.05) is 27.2 Å². The molecule has 0 amide bonds.